The summed E-state index contributed by atoms with van der Waals surface area (Å²) < 4.78 is 48.5. The van der Waals surface area contributed by atoms with Crippen molar-refractivity contribution in [1.82, 2.24) is 14.8 Å². The van der Waals surface area contributed by atoms with Gasteiger partial charge in [-0.05, 0) is 47.9 Å². The van der Waals surface area contributed by atoms with Gasteiger partial charge in [-0.3, -0.25) is 0 Å². The number of alkyl halides is 3. The van der Waals surface area contributed by atoms with E-state index in [2.05, 4.69) is 10.1 Å². The summed E-state index contributed by atoms with van der Waals surface area (Å²) in [4.78, 5) is 3.79. The molecule has 1 atom stereocenters. The molecule has 0 aliphatic heterocycles. The molecule has 0 aliphatic rings. The molecule has 0 bridgehead atoms. The SMILES string of the molecule is CC(C)C(O)(Cn1cncn1)c1ccc(Oc2ccc(Cl)cc2)cc1C(F)(F)F.N#Cc1c(Cl)c(Cl)c(Cl)c(C#N)c1Cl. The van der Waals surface area contributed by atoms with Crippen molar-refractivity contribution in [2.24, 2.45) is 5.92 Å². The average molecular weight is 692 g/mol. The molecule has 15 heteroatoms. The summed E-state index contributed by atoms with van der Waals surface area (Å²) in [6.07, 6.45) is -2.09. The molecule has 0 spiro atoms. The predicted molar refractivity (Wildman–Crippen MR) is 158 cm³/mol. The van der Waals surface area contributed by atoms with E-state index in [1.165, 1.54) is 29.5 Å². The molecular formula is C28H19Cl5F3N5O2. The number of halogens is 8. The van der Waals surface area contributed by atoms with Gasteiger partial charge in [-0.1, -0.05) is 77.9 Å². The minimum absolute atomic E-state index is 0.00439. The Bertz CT molecular complexity index is 1640. The Morgan fingerprint density at radius 1 is 0.860 bits per heavy atom. The Morgan fingerprint density at radius 3 is 1.88 bits per heavy atom. The lowest BCUT2D eigenvalue weighted by atomic mass is 9.80. The van der Waals surface area contributed by atoms with Gasteiger partial charge in [0.05, 0.1) is 43.3 Å². The molecule has 3 aromatic carbocycles. The molecule has 0 saturated carbocycles. The Labute approximate surface area is 269 Å². The Hall–Kier alpha value is -3.22. The molecule has 4 rings (SSSR count). The van der Waals surface area contributed by atoms with Crippen LogP contribution >= 0.6 is 58.0 Å². The van der Waals surface area contributed by atoms with Crippen LogP contribution in [0.1, 0.15) is 36.1 Å². The average Bonchev–Trinajstić information content (AvgIpc) is 3.46. The van der Waals surface area contributed by atoms with E-state index in [-0.39, 0.29) is 49.1 Å². The number of nitriles is 2. The van der Waals surface area contributed by atoms with Gasteiger partial charge in [-0.15, -0.1) is 0 Å². The predicted octanol–water partition coefficient (Wildman–Crippen LogP) is 9.33. The van der Waals surface area contributed by atoms with Crippen LogP contribution < -0.4 is 4.74 Å². The number of aliphatic hydroxyl groups is 1. The molecule has 0 saturated heterocycles. The van der Waals surface area contributed by atoms with Gasteiger partial charge < -0.3 is 9.84 Å². The minimum Gasteiger partial charge on any atom is -0.457 e. The highest BCUT2D eigenvalue weighted by Crippen LogP contribution is 2.43. The van der Waals surface area contributed by atoms with E-state index in [1.54, 1.807) is 50.3 Å². The quantitative estimate of drug-likeness (QED) is 0.160. The van der Waals surface area contributed by atoms with Gasteiger partial charge in [0.2, 0.25) is 0 Å². The van der Waals surface area contributed by atoms with E-state index in [4.69, 9.17) is 73.3 Å². The van der Waals surface area contributed by atoms with Gasteiger partial charge in [-0.25, -0.2) is 9.67 Å². The molecular weight excluding hydrogens is 673 g/mol. The number of nitrogens with zero attached hydrogens (tertiary/aromatic N) is 5. The lowest BCUT2D eigenvalue weighted by Gasteiger charge is -2.34. The zero-order valence-electron chi connectivity index (χ0n) is 22.1. The maximum atomic E-state index is 13.9. The van der Waals surface area contributed by atoms with E-state index in [1.807, 2.05) is 0 Å². The second-order valence-electron chi connectivity index (χ2n) is 9.16. The highest BCUT2D eigenvalue weighted by Gasteiger charge is 2.43. The number of benzene rings is 3. The Balaban J connectivity index is 0.000000303. The monoisotopic (exact) mass is 689 g/mol. The van der Waals surface area contributed by atoms with Gasteiger partial charge >= 0.3 is 6.18 Å². The molecule has 7 nitrogen and oxygen atoms in total. The van der Waals surface area contributed by atoms with Crippen molar-refractivity contribution in [3.8, 4) is 23.6 Å². The second kappa shape index (κ2) is 14.0. The first-order valence-corrected chi connectivity index (χ1v) is 13.9. The van der Waals surface area contributed by atoms with Crippen LogP contribution in [-0.2, 0) is 18.3 Å². The number of hydrogen-bond acceptors (Lipinski definition) is 6. The maximum absolute atomic E-state index is 13.9. The van der Waals surface area contributed by atoms with Crippen LogP contribution in [0.5, 0.6) is 11.5 Å². The number of hydrogen-bond donors (Lipinski definition) is 1. The largest absolute Gasteiger partial charge is 0.457 e. The van der Waals surface area contributed by atoms with Crippen LogP contribution in [-0.4, -0.2) is 19.9 Å². The van der Waals surface area contributed by atoms with E-state index in [0.717, 1.165) is 6.07 Å². The topological polar surface area (TPSA) is 108 Å². The van der Waals surface area contributed by atoms with Gasteiger partial charge in [0, 0.05) is 5.02 Å². The fourth-order valence-electron chi connectivity index (χ4n) is 3.81. The van der Waals surface area contributed by atoms with E-state index >= 15 is 0 Å². The van der Waals surface area contributed by atoms with Crippen molar-refractivity contribution < 1.29 is 23.0 Å². The minimum atomic E-state index is -4.69. The molecule has 224 valence electrons. The summed E-state index contributed by atoms with van der Waals surface area (Å²) >= 11 is 28.6. The molecule has 1 N–H and O–H groups in total. The van der Waals surface area contributed by atoms with Crippen molar-refractivity contribution in [2.45, 2.75) is 32.2 Å². The Morgan fingerprint density at radius 2 is 1.42 bits per heavy atom. The molecule has 4 aromatic rings. The molecule has 1 heterocycles. The summed E-state index contributed by atoms with van der Waals surface area (Å²) in [5, 5.41) is 32.9. The maximum Gasteiger partial charge on any atom is 0.416 e. The summed E-state index contributed by atoms with van der Waals surface area (Å²) in [5.41, 5.74) is -3.13. The molecule has 43 heavy (non-hydrogen) atoms. The van der Waals surface area contributed by atoms with E-state index < -0.39 is 23.3 Å². The van der Waals surface area contributed by atoms with Crippen molar-refractivity contribution in [3.05, 3.63) is 102 Å². The van der Waals surface area contributed by atoms with Crippen LogP contribution in [0.15, 0.2) is 55.1 Å². The van der Waals surface area contributed by atoms with Crippen LogP contribution in [0.3, 0.4) is 0 Å². The standard InChI is InChI=1S/C20H19ClF3N3O2.C8Cl4N2/c1-13(2)19(28,10-27-12-25-11-26-27)17-8-7-16(9-18(17)20(22,23)24)29-15-5-3-14(21)4-6-15;9-5-3(1-13)6(10)8(12)7(11)4(5)2-14/h3-9,11-13,28H,10H2,1-2H3;. The van der Waals surface area contributed by atoms with E-state index in [9.17, 15) is 18.3 Å². The smallest absolute Gasteiger partial charge is 0.416 e. The normalized spacial score (nSPS) is 12.5. The summed E-state index contributed by atoms with van der Waals surface area (Å²) in [5.74, 6) is -0.192. The third-order valence-corrected chi connectivity index (χ3v) is 8.08. The lowest BCUT2D eigenvalue weighted by molar-refractivity contribution is -0.142. The summed E-state index contributed by atoms with van der Waals surface area (Å²) in [6, 6.07) is 13.3. The van der Waals surface area contributed by atoms with Gasteiger partial charge in [0.1, 0.15) is 41.9 Å². The first-order chi connectivity index (χ1) is 20.1. The van der Waals surface area contributed by atoms with E-state index in [0.29, 0.717) is 10.8 Å². The third kappa shape index (κ3) is 7.84. The van der Waals surface area contributed by atoms with Gasteiger partial charge in [0.15, 0.2) is 0 Å². The number of ether oxygens (including phenoxy) is 1. The van der Waals surface area contributed by atoms with Crippen molar-refractivity contribution in [2.75, 3.05) is 0 Å². The first-order valence-electron chi connectivity index (χ1n) is 12.0. The van der Waals surface area contributed by atoms with Gasteiger partial charge in [-0.2, -0.15) is 28.8 Å². The van der Waals surface area contributed by atoms with Crippen molar-refractivity contribution in [1.29, 1.82) is 10.5 Å². The van der Waals surface area contributed by atoms with Crippen molar-refractivity contribution in [3.63, 3.8) is 0 Å². The number of aromatic nitrogens is 3. The first kappa shape index (κ1) is 34.3. The molecule has 1 unspecified atom stereocenters. The van der Waals surface area contributed by atoms with Crippen molar-refractivity contribution >= 4 is 58.0 Å². The third-order valence-electron chi connectivity index (χ3n) is 6.12. The molecule has 0 amide bonds. The van der Waals surface area contributed by atoms with Crippen LogP contribution in [0.4, 0.5) is 13.2 Å². The molecule has 0 radical (unpaired) electrons. The van der Waals surface area contributed by atoms with Gasteiger partial charge in [0.25, 0.3) is 0 Å². The molecule has 1 aromatic heterocycles. The van der Waals surface area contributed by atoms with Crippen LogP contribution in [0.25, 0.3) is 0 Å². The summed E-state index contributed by atoms with van der Waals surface area (Å²) in [6.45, 7) is 3.12. The second-order valence-corrected chi connectivity index (χ2v) is 11.1. The van der Waals surface area contributed by atoms with Crippen LogP contribution in [0.2, 0.25) is 25.1 Å². The fraction of sp³-hybridized carbons (Fsp3) is 0.214. The fourth-order valence-corrected chi connectivity index (χ4v) is 5.00. The Kier molecular flexibility index (Phi) is 11.2. The number of rotatable bonds is 6. The zero-order valence-corrected chi connectivity index (χ0v) is 25.9. The van der Waals surface area contributed by atoms with Crippen LogP contribution in [0, 0.1) is 28.6 Å². The lowest BCUT2D eigenvalue weighted by Crippen LogP contribution is -2.39. The highest BCUT2D eigenvalue weighted by molar-refractivity contribution is 6.50. The molecule has 0 fully saturated rings. The molecule has 0 aliphatic carbocycles. The summed E-state index contributed by atoms with van der Waals surface area (Å²) in [7, 11) is 0. The zero-order chi connectivity index (χ0) is 32.1. The highest BCUT2D eigenvalue weighted by atomic mass is 35.5.